The lowest BCUT2D eigenvalue weighted by atomic mass is 10.1. The quantitative estimate of drug-likeness (QED) is 0.534. The van der Waals surface area contributed by atoms with Gasteiger partial charge in [0, 0.05) is 10.9 Å². The first-order valence-electron chi connectivity index (χ1n) is 7.43. The average molecular weight is 359 g/mol. The number of ether oxygens (including phenoxy) is 2. The summed E-state index contributed by atoms with van der Waals surface area (Å²) < 4.78 is 11.2. The van der Waals surface area contributed by atoms with Crippen LogP contribution in [0.2, 0.25) is 0 Å². The van der Waals surface area contributed by atoms with E-state index in [0.29, 0.717) is 42.6 Å². The lowest BCUT2D eigenvalue weighted by Crippen LogP contribution is -2.18. The van der Waals surface area contributed by atoms with Crippen LogP contribution in [0.4, 0.5) is 0 Å². The van der Waals surface area contributed by atoms with Gasteiger partial charge in [-0.3, -0.25) is 10.0 Å². The van der Waals surface area contributed by atoms with Crippen molar-refractivity contribution in [3.05, 3.63) is 40.8 Å². The number of rotatable bonds is 4. The Labute approximate surface area is 145 Å². The molecule has 4 rings (SSSR count). The summed E-state index contributed by atoms with van der Waals surface area (Å²) in [5, 5.41) is 23.0. The van der Waals surface area contributed by atoms with E-state index < -0.39 is 5.91 Å². The fourth-order valence-electron chi connectivity index (χ4n) is 2.41. The number of amides is 1. The third-order valence-electron chi connectivity index (χ3n) is 3.60. The van der Waals surface area contributed by atoms with Crippen LogP contribution in [0.3, 0.4) is 0 Å². The van der Waals surface area contributed by atoms with Crippen molar-refractivity contribution < 1.29 is 19.5 Å². The number of tetrazole rings is 1. The minimum absolute atomic E-state index is 0.362. The summed E-state index contributed by atoms with van der Waals surface area (Å²) in [6, 6.07) is 6.74. The first-order chi connectivity index (χ1) is 12.2. The largest absolute Gasteiger partial charge is 0.485 e. The molecule has 0 spiro atoms. The van der Waals surface area contributed by atoms with E-state index in [2.05, 4.69) is 15.4 Å². The van der Waals surface area contributed by atoms with E-state index in [-0.39, 0.29) is 0 Å². The van der Waals surface area contributed by atoms with Crippen molar-refractivity contribution in [2.75, 3.05) is 13.2 Å². The number of benzene rings is 1. The maximum Gasteiger partial charge on any atom is 0.274 e. The second kappa shape index (κ2) is 6.49. The zero-order chi connectivity index (χ0) is 17.2. The number of nitrogens with one attached hydrogen (secondary N) is 1. The minimum Gasteiger partial charge on any atom is -0.485 e. The summed E-state index contributed by atoms with van der Waals surface area (Å²) in [7, 11) is 0. The zero-order valence-corrected chi connectivity index (χ0v) is 13.7. The maximum absolute atomic E-state index is 11.3. The van der Waals surface area contributed by atoms with Gasteiger partial charge in [-0.05, 0) is 22.9 Å². The Morgan fingerprint density at radius 1 is 1.28 bits per heavy atom. The predicted molar refractivity (Wildman–Crippen MR) is 86.9 cm³/mol. The minimum atomic E-state index is -0.558. The molecule has 1 aliphatic heterocycles. The highest BCUT2D eigenvalue weighted by Crippen LogP contribution is 2.44. The third kappa shape index (κ3) is 3.04. The highest BCUT2D eigenvalue weighted by molar-refractivity contribution is 7.14. The van der Waals surface area contributed by atoms with E-state index in [9.17, 15) is 4.79 Å². The fraction of sp³-hybridized carbons (Fsp3) is 0.200. The zero-order valence-electron chi connectivity index (χ0n) is 12.9. The highest BCUT2D eigenvalue weighted by atomic mass is 32.1. The van der Waals surface area contributed by atoms with Gasteiger partial charge in [0.1, 0.15) is 18.1 Å². The molecule has 3 heterocycles. The molecular weight excluding hydrogens is 346 g/mol. The van der Waals surface area contributed by atoms with Crippen LogP contribution in [-0.4, -0.2) is 44.5 Å². The molecule has 2 N–H and O–H groups in total. The number of hydroxylamine groups is 1. The number of carbonyl (C=O) groups is 1. The molecule has 0 radical (unpaired) electrons. The normalized spacial score (nSPS) is 12.8. The Morgan fingerprint density at radius 2 is 2.08 bits per heavy atom. The van der Waals surface area contributed by atoms with Gasteiger partial charge in [-0.25, -0.2) is 5.48 Å². The van der Waals surface area contributed by atoms with Crippen molar-refractivity contribution in [2.45, 2.75) is 6.54 Å². The first kappa shape index (κ1) is 15.5. The van der Waals surface area contributed by atoms with Gasteiger partial charge in [0.15, 0.2) is 11.5 Å². The van der Waals surface area contributed by atoms with Crippen LogP contribution in [0.25, 0.3) is 10.7 Å². The molecule has 10 heteroatoms. The molecule has 0 bridgehead atoms. The number of aromatic nitrogens is 4. The summed E-state index contributed by atoms with van der Waals surface area (Å²) in [6.45, 7) is 1.44. The van der Waals surface area contributed by atoms with E-state index in [0.717, 1.165) is 10.4 Å². The van der Waals surface area contributed by atoms with Gasteiger partial charge in [-0.1, -0.05) is 12.1 Å². The van der Waals surface area contributed by atoms with E-state index in [1.54, 1.807) is 29.7 Å². The SMILES string of the molecule is O=C(NO)c1ccc(Cn2nnc(-c3scc4c3OCCO4)n2)cc1. The number of thiophene rings is 1. The topological polar surface area (TPSA) is 111 Å². The molecule has 0 unspecified atom stereocenters. The molecule has 0 saturated heterocycles. The Kier molecular flexibility index (Phi) is 4.04. The molecule has 9 nitrogen and oxygen atoms in total. The smallest absolute Gasteiger partial charge is 0.274 e. The number of hydrogen-bond acceptors (Lipinski definition) is 8. The van der Waals surface area contributed by atoms with Gasteiger partial charge in [0.05, 0.1) is 6.54 Å². The molecule has 0 atom stereocenters. The molecule has 1 aromatic carbocycles. The van der Waals surface area contributed by atoms with E-state index in [4.69, 9.17) is 14.7 Å². The van der Waals surface area contributed by atoms with Gasteiger partial charge in [0.25, 0.3) is 5.91 Å². The maximum atomic E-state index is 11.3. The number of fused-ring (bicyclic) bond motifs is 1. The molecule has 0 fully saturated rings. The van der Waals surface area contributed by atoms with Crippen LogP contribution < -0.4 is 15.0 Å². The molecular formula is C15H13N5O4S. The Balaban J connectivity index is 1.52. The fourth-order valence-corrected chi connectivity index (χ4v) is 3.26. The Hall–Kier alpha value is -2.98. The van der Waals surface area contributed by atoms with Crippen LogP contribution in [0.5, 0.6) is 11.5 Å². The Morgan fingerprint density at radius 3 is 2.88 bits per heavy atom. The van der Waals surface area contributed by atoms with Crippen molar-refractivity contribution in [3.8, 4) is 22.2 Å². The van der Waals surface area contributed by atoms with Gasteiger partial charge >= 0.3 is 0 Å². The van der Waals surface area contributed by atoms with Crippen molar-refractivity contribution in [1.29, 1.82) is 0 Å². The molecule has 1 aliphatic rings. The van der Waals surface area contributed by atoms with Crippen LogP contribution >= 0.6 is 11.3 Å². The predicted octanol–water partition coefficient (Wildman–Crippen LogP) is 1.34. The molecule has 128 valence electrons. The third-order valence-corrected chi connectivity index (χ3v) is 4.53. The first-order valence-corrected chi connectivity index (χ1v) is 8.31. The molecule has 1 amide bonds. The summed E-state index contributed by atoms with van der Waals surface area (Å²) in [6.07, 6.45) is 0. The van der Waals surface area contributed by atoms with Gasteiger partial charge in [-0.15, -0.1) is 21.5 Å². The number of nitrogens with zero attached hydrogens (tertiary/aromatic N) is 4. The molecule has 0 aliphatic carbocycles. The van der Waals surface area contributed by atoms with Gasteiger partial charge < -0.3 is 9.47 Å². The van der Waals surface area contributed by atoms with E-state index in [1.165, 1.54) is 16.1 Å². The van der Waals surface area contributed by atoms with Crippen molar-refractivity contribution in [1.82, 2.24) is 25.7 Å². The summed E-state index contributed by atoms with van der Waals surface area (Å²) in [5.74, 6) is 1.29. The van der Waals surface area contributed by atoms with Crippen LogP contribution in [0, 0.1) is 0 Å². The summed E-state index contributed by atoms with van der Waals surface area (Å²) in [4.78, 5) is 13.6. The lowest BCUT2D eigenvalue weighted by Gasteiger charge is -2.15. The molecule has 2 aromatic heterocycles. The summed E-state index contributed by atoms with van der Waals surface area (Å²) in [5.41, 5.74) is 2.85. The molecule has 3 aromatic rings. The molecule has 25 heavy (non-hydrogen) atoms. The van der Waals surface area contributed by atoms with E-state index >= 15 is 0 Å². The van der Waals surface area contributed by atoms with Gasteiger partial charge in [-0.2, -0.15) is 4.80 Å². The second-order valence-corrected chi connectivity index (χ2v) is 6.12. The number of hydrogen-bond donors (Lipinski definition) is 2. The van der Waals surface area contributed by atoms with Crippen molar-refractivity contribution in [3.63, 3.8) is 0 Å². The van der Waals surface area contributed by atoms with Crippen molar-refractivity contribution in [2.24, 2.45) is 0 Å². The Bertz CT molecular complexity index is 905. The second-order valence-electron chi connectivity index (χ2n) is 5.24. The van der Waals surface area contributed by atoms with Crippen LogP contribution in [0.1, 0.15) is 15.9 Å². The van der Waals surface area contributed by atoms with Crippen molar-refractivity contribution >= 4 is 17.2 Å². The highest BCUT2D eigenvalue weighted by Gasteiger charge is 2.22. The van der Waals surface area contributed by atoms with E-state index in [1.807, 2.05) is 5.38 Å². The average Bonchev–Trinajstić information content (AvgIpc) is 3.28. The molecule has 0 saturated carbocycles. The van der Waals surface area contributed by atoms with Crippen LogP contribution in [-0.2, 0) is 6.54 Å². The monoisotopic (exact) mass is 359 g/mol. The standard InChI is InChI=1S/C15H13N5O4S/c21-15(18-22)10-3-1-9(2-4-10)7-20-17-14(16-19-20)13-12-11(8-25-13)23-5-6-24-12/h1-4,8,22H,5-7H2,(H,18,21). The van der Waals surface area contributed by atoms with Gasteiger partial charge in [0.2, 0.25) is 5.82 Å². The number of carbonyl (C=O) groups excluding carboxylic acids is 1. The van der Waals surface area contributed by atoms with Crippen LogP contribution in [0.15, 0.2) is 29.6 Å². The lowest BCUT2D eigenvalue weighted by molar-refractivity contribution is 0.0706. The summed E-state index contributed by atoms with van der Waals surface area (Å²) >= 11 is 1.45.